The third-order valence-corrected chi connectivity index (χ3v) is 16.3. The predicted octanol–water partition coefficient (Wildman–Crippen LogP) is -1.78. The van der Waals surface area contributed by atoms with Crippen LogP contribution < -0.4 is 31.9 Å². The van der Waals surface area contributed by atoms with Crippen LogP contribution in [0.3, 0.4) is 0 Å². The van der Waals surface area contributed by atoms with Crippen molar-refractivity contribution in [3.05, 3.63) is 0 Å². The summed E-state index contributed by atoms with van der Waals surface area (Å²) in [5.74, 6) is -2.49. The van der Waals surface area contributed by atoms with E-state index >= 15 is 0 Å². The Hall–Kier alpha value is -3.74. The minimum atomic E-state index is -1.21. The highest BCUT2D eigenvalue weighted by Gasteiger charge is 2.45. The molecule has 6 unspecified atom stereocenters. The Bertz CT molecular complexity index is 1880. The summed E-state index contributed by atoms with van der Waals surface area (Å²) in [6.45, 7) is 12.2. The predicted molar refractivity (Wildman–Crippen MR) is 335 cm³/mol. The Balaban J connectivity index is 1.38. The maximum Gasteiger partial charge on any atom is 0.222 e. The van der Waals surface area contributed by atoms with Crippen LogP contribution >= 0.6 is 0 Å². The monoisotopic (exact) mass is 1340 g/mol. The van der Waals surface area contributed by atoms with Crippen LogP contribution in [0.25, 0.3) is 0 Å². The molecule has 0 aromatic carbocycles. The Kier molecular flexibility index (Phi) is 41.7. The molecule has 93 heavy (non-hydrogen) atoms. The van der Waals surface area contributed by atoms with Crippen molar-refractivity contribution in [2.24, 2.45) is 17.8 Å². The maximum absolute atomic E-state index is 12.9. The number of carbonyl (C=O) groups is 6. The summed E-state index contributed by atoms with van der Waals surface area (Å²) < 4.78 is 52.2. The highest BCUT2D eigenvalue weighted by atomic mass is 16.7. The zero-order valence-electron chi connectivity index (χ0n) is 55.9. The van der Waals surface area contributed by atoms with Crippen molar-refractivity contribution in [1.82, 2.24) is 31.9 Å². The molecule has 0 bridgehead atoms. The van der Waals surface area contributed by atoms with Crippen LogP contribution in [0.2, 0.25) is 0 Å². The Morgan fingerprint density at radius 1 is 0.366 bits per heavy atom. The molecule has 3 heterocycles. The third-order valence-electron chi connectivity index (χ3n) is 16.3. The van der Waals surface area contributed by atoms with Crippen molar-refractivity contribution in [2.75, 3.05) is 112 Å². The molecule has 3 aliphatic heterocycles. The molecule has 0 radical (unpaired) electrons. The highest BCUT2D eigenvalue weighted by molar-refractivity contribution is 5.78. The van der Waals surface area contributed by atoms with E-state index in [1.165, 1.54) is 0 Å². The van der Waals surface area contributed by atoms with Crippen molar-refractivity contribution >= 4 is 35.3 Å². The van der Waals surface area contributed by atoms with Crippen molar-refractivity contribution in [2.45, 2.75) is 236 Å². The number of ketones is 1. The third kappa shape index (κ3) is 33.4. The van der Waals surface area contributed by atoms with Crippen LogP contribution in [0.15, 0.2) is 0 Å². The zero-order chi connectivity index (χ0) is 68.8. The largest absolute Gasteiger partial charge is 0.394 e. The molecule has 15 atom stereocenters. The van der Waals surface area contributed by atoms with Crippen LogP contribution in [0, 0.1) is 17.8 Å². The average molecular weight is 1340 g/mol. The van der Waals surface area contributed by atoms with E-state index in [0.717, 1.165) is 0 Å². The van der Waals surface area contributed by atoms with Gasteiger partial charge in [-0.25, -0.2) is 0 Å². The summed E-state index contributed by atoms with van der Waals surface area (Å²) in [6.07, 6.45) is -5.33. The molecule has 0 spiro atoms. The maximum atomic E-state index is 12.9. The van der Waals surface area contributed by atoms with Gasteiger partial charge in [0, 0.05) is 121 Å². The summed E-state index contributed by atoms with van der Waals surface area (Å²) in [5.41, 5.74) is -1.51. The van der Waals surface area contributed by atoms with E-state index in [0.29, 0.717) is 110 Å². The standard InChI is InChI=1S/C63H116N6O24/c1-41-53(79)56(82)45(35-70)91-59(41)88-29-12-8-18-44(73)17-7-11-24-64-50(76)21-32-85-38-63(69-62(4,5)6,39-86-33-22-51(77)67-27-15-25-65-48(74)19-9-13-30-89-60-42(2)54(80)57(83)46(36-71)92-60)40-87-34-23-52(78)68-28-16-26-66-49(75)20-10-14-31-90-61-43(3)55(81)58(84)47(37-72)93-61/h41-43,45-47,53-61,69-72,79-84H,7-40H2,1-6H3,(H,64,76)(H,65,74)(H,66,75)(H,67,77)(H,68,78)/t41?,42?,43?,45?,46?,47?,53-,54-,55-,56-,57-,58-,59-,60-,61-,63?/m1/s1. The first-order chi connectivity index (χ1) is 44.3. The van der Waals surface area contributed by atoms with Crippen molar-refractivity contribution in [3.63, 3.8) is 0 Å². The van der Waals surface area contributed by atoms with Gasteiger partial charge in [-0.2, -0.15) is 0 Å². The summed E-state index contributed by atoms with van der Waals surface area (Å²) in [7, 11) is 0. The molecule has 3 fully saturated rings. The van der Waals surface area contributed by atoms with Crippen LogP contribution in [0.4, 0.5) is 0 Å². The number of hydrogen-bond donors (Lipinski definition) is 15. The highest BCUT2D eigenvalue weighted by Crippen LogP contribution is 2.30. The number of ether oxygens (including phenoxy) is 9. The summed E-state index contributed by atoms with van der Waals surface area (Å²) >= 11 is 0. The molecule has 3 saturated heterocycles. The quantitative estimate of drug-likeness (QED) is 0.0299. The normalized spacial score (nSPS) is 27.2. The van der Waals surface area contributed by atoms with Crippen molar-refractivity contribution < 1.29 is 117 Å². The summed E-state index contributed by atoms with van der Waals surface area (Å²) in [4.78, 5) is 76.0. The number of rotatable bonds is 50. The first-order valence-corrected chi connectivity index (χ1v) is 33.5. The van der Waals surface area contributed by atoms with Gasteiger partial charge in [-0.05, 0) is 85.0 Å². The first-order valence-electron chi connectivity index (χ1n) is 33.5. The van der Waals surface area contributed by atoms with E-state index in [1.54, 1.807) is 20.8 Å². The van der Waals surface area contributed by atoms with Gasteiger partial charge < -0.3 is 120 Å². The molecular formula is C63H116N6O24. The lowest BCUT2D eigenvalue weighted by Crippen LogP contribution is -2.62. The number of aliphatic hydroxyl groups excluding tert-OH is 9. The fourth-order valence-corrected chi connectivity index (χ4v) is 10.7. The Morgan fingerprint density at radius 3 is 0.946 bits per heavy atom. The molecule has 0 saturated carbocycles. The lowest BCUT2D eigenvalue weighted by molar-refractivity contribution is -0.282. The number of unbranched alkanes of at least 4 members (excludes halogenated alkanes) is 4. The number of amides is 5. The fraction of sp³-hybridized carbons (Fsp3) is 0.905. The van der Waals surface area contributed by atoms with Gasteiger partial charge in [0.1, 0.15) is 42.4 Å². The first kappa shape index (κ1) is 83.5. The molecule has 3 aliphatic rings. The smallest absolute Gasteiger partial charge is 0.222 e. The van der Waals surface area contributed by atoms with E-state index in [-0.39, 0.29) is 127 Å². The van der Waals surface area contributed by atoms with E-state index in [1.807, 2.05) is 20.8 Å². The van der Waals surface area contributed by atoms with Crippen LogP contribution in [0.1, 0.15) is 151 Å². The topological polar surface area (TPSA) is 440 Å². The van der Waals surface area contributed by atoms with E-state index in [9.17, 15) is 74.7 Å². The number of Topliss-reactive ketones (excluding diaryl/α,β-unsaturated/α-hetero) is 1. The number of hydrogen-bond acceptors (Lipinski definition) is 25. The minimum absolute atomic E-state index is 0.0274. The van der Waals surface area contributed by atoms with Gasteiger partial charge in [0.05, 0.1) is 83.3 Å². The second-order valence-electron chi connectivity index (χ2n) is 25.7. The van der Waals surface area contributed by atoms with Crippen LogP contribution in [0.5, 0.6) is 0 Å². The minimum Gasteiger partial charge on any atom is -0.394 e. The lowest BCUT2D eigenvalue weighted by atomic mass is 9.92. The Morgan fingerprint density at radius 2 is 0.645 bits per heavy atom. The molecular weight excluding hydrogens is 1220 g/mol. The van der Waals surface area contributed by atoms with E-state index in [4.69, 9.17) is 42.6 Å². The van der Waals surface area contributed by atoms with Crippen LogP contribution in [-0.4, -0.2) is 278 Å². The van der Waals surface area contributed by atoms with Crippen molar-refractivity contribution in [3.8, 4) is 0 Å². The molecule has 15 N–H and O–H groups in total. The zero-order valence-corrected chi connectivity index (χ0v) is 55.9. The van der Waals surface area contributed by atoms with Gasteiger partial charge in [0.15, 0.2) is 18.9 Å². The molecule has 30 heteroatoms. The second-order valence-corrected chi connectivity index (χ2v) is 25.7. The van der Waals surface area contributed by atoms with Gasteiger partial charge in [-0.1, -0.05) is 20.8 Å². The SMILES string of the molecule is CC1[C@H](OCCCCC(=O)CCCCNC(=O)CCOCC(COCCC(=O)NCCCNC(=O)CCCCO[C@@H]2OC(CO)[C@@H](O)[C@H](O)C2C)(COCCC(=O)NCCCNC(=O)CCCCO[C@@H]2OC(CO)[C@@H](O)[C@H](O)C2C)NC(C)(C)C)OC(CO)[C@@H](O)[C@@H]1O. The Labute approximate surface area is 548 Å². The number of aliphatic hydroxyl groups is 9. The molecule has 30 nitrogen and oxygen atoms in total. The van der Waals surface area contributed by atoms with Gasteiger partial charge in [-0.15, -0.1) is 0 Å². The van der Waals surface area contributed by atoms with Crippen LogP contribution in [-0.2, 0) is 71.4 Å². The number of nitrogens with one attached hydrogen (secondary N) is 6. The van der Waals surface area contributed by atoms with Gasteiger partial charge in [0.2, 0.25) is 29.5 Å². The fourth-order valence-electron chi connectivity index (χ4n) is 10.7. The van der Waals surface area contributed by atoms with Gasteiger partial charge >= 0.3 is 0 Å². The molecule has 542 valence electrons. The summed E-state index contributed by atoms with van der Waals surface area (Å²) in [6, 6.07) is 0. The average Bonchev–Trinajstić information content (AvgIpc) is 1.10. The van der Waals surface area contributed by atoms with Gasteiger partial charge in [0.25, 0.3) is 0 Å². The molecule has 5 amide bonds. The number of carbonyl (C=O) groups excluding carboxylic acids is 6. The molecule has 0 aliphatic carbocycles. The molecule has 3 rings (SSSR count). The van der Waals surface area contributed by atoms with E-state index in [2.05, 4.69) is 31.9 Å². The second kappa shape index (κ2) is 46.5. The molecule has 0 aromatic rings. The van der Waals surface area contributed by atoms with Crippen molar-refractivity contribution in [1.29, 1.82) is 0 Å². The molecule has 0 aromatic heterocycles. The summed E-state index contributed by atoms with van der Waals surface area (Å²) in [5, 5.41) is 107. The lowest BCUT2D eigenvalue weighted by Gasteiger charge is -2.40. The van der Waals surface area contributed by atoms with Gasteiger partial charge in [-0.3, -0.25) is 28.8 Å². The van der Waals surface area contributed by atoms with E-state index < -0.39 is 122 Å².